The Bertz CT molecular complexity index is 996. The maximum absolute atomic E-state index is 12.9. The Morgan fingerprint density at radius 2 is 1.68 bits per heavy atom. The molecule has 0 radical (unpaired) electrons. The molecule has 3 aromatic rings. The summed E-state index contributed by atoms with van der Waals surface area (Å²) in [7, 11) is 1.44. The molecule has 0 aliphatic carbocycles. The normalized spacial score (nSPS) is 10.5. The van der Waals surface area contributed by atoms with Gasteiger partial charge in [0.25, 0.3) is 5.91 Å². The first-order valence-corrected chi connectivity index (χ1v) is 8.82. The van der Waals surface area contributed by atoms with Crippen molar-refractivity contribution in [2.45, 2.75) is 13.8 Å². The molecule has 7 heteroatoms. The zero-order valence-corrected chi connectivity index (χ0v) is 16.0. The highest BCUT2D eigenvalue weighted by Gasteiger charge is 2.18. The molecule has 7 nitrogen and oxygen atoms in total. The van der Waals surface area contributed by atoms with Gasteiger partial charge in [0.1, 0.15) is 6.61 Å². The Labute approximate surface area is 163 Å². The molecule has 1 aromatic heterocycles. The maximum Gasteiger partial charge on any atom is 0.257 e. The molecule has 2 amide bonds. The molecule has 1 heterocycles. The predicted molar refractivity (Wildman–Crippen MR) is 108 cm³/mol. The summed E-state index contributed by atoms with van der Waals surface area (Å²) in [6.45, 7) is 3.65. The zero-order valence-electron chi connectivity index (χ0n) is 16.0. The summed E-state index contributed by atoms with van der Waals surface area (Å²) in [5, 5.41) is 10.2. The predicted octanol–water partition coefficient (Wildman–Crippen LogP) is 3.33. The first-order chi connectivity index (χ1) is 13.5. The molecule has 2 aromatic carbocycles. The SMILES string of the molecule is COCC(=O)Nc1ccccc1C(=O)Nc1c(C)nn(-c2ccccc2)c1C. The number of aryl methyl sites for hydroxylation is 1. The van der Waals surface area contributed by atoms with Crippen LogP contribution in [0, 0.1) is 13.8 Å². The highest BCUT2D eigenvalue weighted by atomic mass is 16.5. The number of nitrogens with zero attached hydrogens (tertiary/aromatic N) is 2. The largest absolute Gasteiger partial charge is 0.375 e. The number of aromatic nitrogens is 2. The highest BCUT2D eigenvalue weighted by Crippen LogP contribution is 2.24. The van der Waals surface area contributed by atoms with Crippen LogP contribution < -0.4 is 10.6 Å². The molecule has 0 aliphatic rings. The first-order valence-electron chi connectivity index (χ1n) is 8.82. The van der Waals surface area contributed by atoms with Crippen LogP contribution in [0.15, 0.2) is 54.6 Å². The van der Waals surface area contributed by atoms with Crippen molar-refractivity contribution in [3.05, 3.63) is 71.5 Å². The third-order valence-electron chi connectivity index (χ3n) is 4.25. The van der Waals surface area contributed by atoms with Crippen molar-refractivity contribution in [1.29, 1.82) is 0 Å². The summed E-state index contributed by atoms with van der Waals surface area (Å²) < 4.78 is 6.61. The number of hydrogen-bond acceptors (Lipinski definition) is 4. The fraction of sp³-hybridized carbons (Fsp3) is 0.190. The molecule has 0 saturated carbocycles. The van der Waals surface area contributed by atoms with Gasteiger partial charge in [0.15, 0.2) is 0 Å². The van der Waals surface area contributed by atoms with Crippen molar-refractivity contribution in [2.24, 2.45) is 0 Å². The molecular formula is C21H22N4O3. The van der Waals surface area contributed by atoms with Gasteiger partial charge in [0, 0.05) is 7.11 Å². The van der Waals surface area contributed by atoms with Crippen LogP contribution in [0.4, 0.5) is 11.4 Å². The third kappa shape index (κ3) is 4.10. The van der Waals surface area contributed by atoms with Gasteiger partial charge in [-0.15, -0.1) is 0 Å². The number of carbonyl (C=O) groups excluding carboxylic acids is 2. The van der Waals surface area contributed by atoms with E-state index in [4.69, 9.17) is 4.74 Å². The first kappa shape index (κ1) is 19.3. The number of benzene rings is 2. The number of methoxy groups -OCH3 is 1. The van der Waals surface area contributed by atoms with Gasteiger partial charge in [0.2, 0.25) is 5.91 Å². The molecule has 0 atom stereocenters. The number of nitrogens with one attached hydrogen (secondary N) is 2. The molecule has 0 aliphatic heterocycles. The quantitative estimate of drug-likeness (QED) is 0.689. The van der Waals surface area contributed by atoms with Crippen LogP contribution in [-0.4, -0.2) is 35.3 Å². The number of anilines is 2. The van der Waals surface area contributed by atoms with Crippen LogP contribution in [0.2, 0.25) is 0 Å². The lowest BCUT2D eigenvalue weighted by atomic mass is 10.1. The van der Waals surface area contributed by atoms with E-state index in [0.717, 1.165) is 11.4 Å². The number of ether oxygens (including phenoxy) is 1. The van der Waals surface area contributed by atoms with E-state index in [1.54, 1.807) is 28.9 Å². The van der Waals surface area contributed by atoms with E-state index in [-0.39, 0.29) is 18.4 Å². The van der Waals surface area contributed by atoms with Gasteiger partial charge < -0.3 is 15.4 Å². The minimum atomic E-state index is -0.327. The number of hydrogen-bond donors (Lipinski definition) is 2. The van der Waals surface area contributed by atoms with Crippen LogP contribution in [0.5, 0.6) is 0 Å². The Hall–Kier alpha value is -3.45. The Kier molecular flexibility index (Phi) is 5.86. The second kappa shape index (κ2) is 8.49. The number of rotatable bonds is 6. The molecule has 0 unspecified atom stereocenters. The van der Waals surface area contributed by atoms with E-state index in [1.807, 2.05) is 44.2 Å². The zero-order chi connectivity index (χ0) is 20.1. The average molecular weight is 378 g/mol. The lowest BCUT2D eigenvalue weighted by molar-refractivity contribution is -0.119. The lowest BCUT2D eigenvalue weighted by Gasteiger charge is -2.12. The van der Waals surface area contributed by atoms with Crippen LogP contribution in [0.3, 0.4) is 0 Å². The number of amides is 2. The van der Waals surface area contributed by atoms with Crippen molar-refractivity contribution < 1.29 is 14.3 Å². The molecule has 0 spiro atoms. The summed E-state index contributed by atoms with van der Waals surface area (Å²) in [6.07, 6.45) is 0. The van der Waals surface area contributed by atoms with E-state index in [2.05, 4.69) is 15.7 Å². The fourth-order valence-corrected chi connectivity index (χ4v) is 2.93. The van der Waals surface area contributed by atoms with Crippen molar-refractivity contribution in [3.8, 4) is 5.69 Å². The Morgan fingerprint density at radius 1 is 1.00 bits per heavy atom. The standard InChI is InChI=1S/C21H22N4O3/c1-14-20(15(2)25(24-14)16-9-5-4-6-10-16)23-21(27)17-11-7-8-12-18(17)22-19(26)13-28-3/h4-12H,13H2,1-3H3,(H,22,26)(H,23,27). The summed E-state index contributed by atoms with van der Waals surface area (Å²) in [5.74, 6) is -0.654. The summed E-state index contributed by atoms with van der Waals surface area (Å²) in [6, 6.07) is 16.5. The maximum atomic E-state index is 12.9. The molecule has 0 bridgehead atoms. The molecule has 3 rings (SSSR count). The lowest BCUT2D eigenvalue weighted by Crippen LogP contribution is -2.21. The minimum absolute atomic E-state index is 0.0853. The van der Waals surface area contributed by atoms with Gasteiger partial charge in [0.05, 0.1) is 34.0 Å². The minimum Gasteiger partial charge on any atom is -0.375 e. The summed E-state index contributed by atoms with van der Waals surface area (Å²) in [4.78, 5) is 24.7. The fourth-order valence-electron chi connectivity index (χ4n) is 2.93. The molecule has 2 N–H and O–H groups in total. The van der Waals surface area contributed by atoms with Gasteiger partial charge in [-0.3, -0.25) is 9.59 Å². The van der Waals surface area contributed by atoms with Gasteiger partial charge in [-0.05, 0) is 38.1 Å². The molecular weight excluding hydrogens is 356 g/mol. The summed E-state index contributed by atoms with van der Waals surface area (Å²) in [5.41, 5.74) is 3.86. The Morgan fingerprint density at radius 3 is 2.39 bits per heavy atom. The van der Waals surface area contributed by atoms with E-state index in [9.17, 15) is 9.59 Å². The van der Waals surface area contributed by atoms with Crippen LogP contribution in [0.25, 0.3) is 5.69 Å². The highest BCUT2D eigenvalue weighted by molar-refractivity contribution is 6.10. The molecule has 0 saturated heterocycles. The Balaban J connectivity index is 1.87. The average Bonchev–Trinajstić information content (AvgIpc) is 2.97. The molecule has 0 fully saturated rings. The van der Waals surface area contributed by atoms with E-state index < -0.39 is 0 Å². The third-order valence-corrected chi connectivity index (χ3v) is 4.25. The molecule has 144 valence electrons. The van der Waals surface area contributed by atoms with Gasteiger partial charge in [-0.25, -0.2) is 4.68 Å². The van der Waals surface area contributed by atoms with Crippen molar-refractivity contribution in [1.82, 2.24) is 9.78 Å². The van der Waals surface area contributed by atoms with E-state index >= 15 is 0 Å². The van der Waals surface area contributed by atoms with Gasteiger partial charge >= 0.3 is 0 Å². The van der Waals surface area contributed by atoms with Crippen molar-refractivity contribution in [3.63, 3.8) is 0 Å². The van der Waals surface area contributed by atoms with E-state index in [0.29, 0.717) is 22.6 Å². The molecule has 28 heavy (non-hydrogen) atoms. The topological polar surface area (TPSA) is 85.2 Å². The van der Waals surface area contributed by atoms with Crippen molar-refractivity contribution >= 4 is 23.2 Å². The second-order valence-electron chi connectivity index (χ2n) is 6.27. The van der Waals surface area contributed by atoms with Gasteiger partial charge in [-0.2, -0.15) is 5.10 Å². The smallest absolute Gasteiger partial charge is 0.257 e. The van der Waals surface area contributed by atoms with E-state index in [1.165, 1.54) is 7.11 Å². The van der Waals surface area contributed by atoms with Crippen LogP contribution in [0.1, 0.15) is 21.7 Å². The van der Waals surface area contributed by atoms with Crippen LogP contribution >= 0.6 is 0 Å². The number of carbonyl (C=O) groups is 2. The summed E-state index contributed by atoms with van der Waals surface area (Å²) >= 11 is 0. The monoisotopic (exact) mass is 378 g/mol. The number of para-hydroxylation sites is 2. The second-order valence-corrected chi connectivity index (χ2v) is 6.27. The van der Waals surface area contributed by atoms with Crippen LogP contribution in [-0.2, 0) is 9.53 Å². The van der Waals surface area contributed by atoms with Gasteiger partial charge in [-0.1, -0.05) is 30.3 Å². The van der Waals surface area contributed by atoms with Crippen molar-refractivity contribution in [2.75, 3.05) is 24.4 Å².